The van der Waals surface area contributed by atoms with E-state index in [1.54, 1.807) is 5.56 Å². The summed E-state index contributed by atoms with van der Waals surface area (Å²) >= 11 is -0.826. The first-order valence-electron chi connectivity index (χ1n) is 19.3. The molecule has 0 nitrogen and oxygen atoms in total. The van der Waals surface area contributed by atoms with Gasteiger partial charge in [-0.25, -0.2) is 0 Å². The average molecular weight is 823 g/mol. The maximum absolute atomic E-state index is 4.93. The third-order valence-corrected chi connectivity index (χ3v) is 10.9. The summed E-state index contributed by atoms with van der Waals surface area (Å²) in [5.41, 5.74) is 11.5. The molecule has 270 valence electrons. The van der Waals surface area contributed by atoms with Gasteiger partial charge < -0.3 is 0 Å². The fourth-order valence-electron chi connectivity index (χ4n) is 8.16. The van der Waals surface area contributed by atoms with Crippen LogP contribution >= 0.6 is 17.0 Å². The Hall–Kier alpha value is -2.22. The Kier molecular flexibility index (Phi) is 15.7. The van der Waals surface area contributed by atoms with E-state index in [0.717, 1.165) is 21.4 Å². The van der Waals surface area contributed by atoms with Crippen LogP contribution in [0.4, 0.5) is 0 Å². The van der Waals surface area contributed by atoms with Crippen molar-refractivity contribution in [2.24, 2.45) is 0 Å². The first-order valence-corrected chi connectivity index (χ1v) is 27.6. The Labute approximate surface area is 335 Å². The molecular weight excluding hydrogens is 767 g/mol. The summed E-state index contributed by atoms with van der Waals surface area (Å²) in [5, 5.41) is 5.55. The van der Waals surface area contributed by atoms with Crippen LogP contribution in [0.15, 0.2) is 109 Å². The van der Waals surface area contributed by atoms with E-state index in [1.165, 1.54) is 118 Å². The molecule has 0 aliphatic heterocycles. The summed E-state index contributed by atoms with van der Waals surface area (Å²) in [4.78, 5) is 0. The topological polar surface area (TPSA) is 0 Å². The Balaban J connectivity index is 0.000000175. The van der Waals surface area contributed by atoms with Gasteiger partial charge in [0.25, 0.3) is 0 Å². The van der Waals surface area contributed by atoms with E-state index in [2.05, 4.69) is 150 Å². The number of fused-ring (bicyclic) bond motifs is 2. The molecule has 6 aromatic carbocycles. The molecule has 2 radical (unpaired) electrons. The number of hydrogen-bond donors (Lipinski definition) is 0. The fraction of sp³-hybridized carbons (Fsp3) is 0.375. The summed E-state index contributed by atoms with van der Waals surface area (Å²) < 4.78 is 0. The van der Waals surface area contributed by atoms with Gasteiger partial charge in [-0.3, -0.25) is 0 Å². The fourth-order valence-corrected chi connectivity index (χ4v) is 8.16. The molecule has 52 heavy (non-hydrogen) atoms. The average Bonchev–Trinajstić information content (AvgIpc) is 3.92. The van der Waals surface area contributed by atoms with Crippen LogP contribution in [0.3, 0.4) is 0 Å². The Morgan fingerprint density at radius 3 is 1.62 bits per heavy atom. The standard InChI is InChI=1S/C24H27.C22H23.C2H6Si.2ClH.Zr/c1-24(2,3)21-13-11-18(12-14-21)22-10-6-9-19-15-20(16-23(19)22)17-7-4-5-8-17;1-16-14-20-8-5-9-21(22(20)15-16)19-12-10-18(11-13-19)17-6-3-2-4-7-17;1-3-2;;;/h6,9-17H,4-5,7-8H2,1-3H3;5,8-15,17H,2-4,6-7H2,1H3;1-2H3;2*1H;/q2*-1;;;;+4/p-2. The predicted octanol–water partition coefficient (Wildman–Crippen LogP) is 15.9. The molecule has 4 heteroatoms. The molecule has 0 aromatic heterocycles. The Morgan fingerprint density at radius 1 is 0.615 bits per heavy atom. The summed E-state index contributed by atoms with van der Waals surface area (Å²) in [6.45, 7) is 13.3. The van der Waals surface area contributed by atoms with E-state index < -0.39 is 20.8 Å². The van der Waals surface area contributed by atoms with Crippen LogP contribution in [0.1, 0.15) is 113 Å². The zero-order chi connectivity index (χ0) is 37.1. The van der Waals surface area contributed by atoms with Crippen LogP contribution in [0, 0.1) is 6.92 Å². The molecule has 2 aliphatic carbocycles. The minimum atomic E-state index is -0.826. The molecule has 2 saturated carbocycles. The Bertz CT molecular complexity index is 1940. The third-order valence-electron chi connectivity index (χ3n) is 10.9. The molecule has 0 bridgehead atoms. The van der Waals surface area contributed by atoms with Gasteiger partial charge in [0, 0.05) is 9.52 Å². The molecule has 0 unspecified atom stereocenters. The molecule has 0 N–H and O–H groups in total. The zero-order valence-corrected chi connectivity index (χ0v) is 37.1. The van der Waals surface area contributed by atoms with Gasteiger partial charge in [-0.15, -0.1) is 69.1 Å². The molecule has 0 heterocycles. The minimum absolute atomic E-state index is 0.209. The maximum atomic E-state index is 4.93. The van der Waals surface area contributed by atoms with Gasteiger partial charge in [0.05, 0.1) is 0 Å². The van der Waals surface area contributed by atoms with Crippen LogP contribution in [-0.4, -0.2) is 9.52 Å². The van der Waals surface area contributed by atoms with E-state index >= 15 is 0 Å². The summed E-state index contributed by atoms with van der Waals surface area (Å²) in [6, 6.07) is 41.3. The molecule has 0 saturated heterocycles. The Morgan fingerprint density at radius 2 is 1.08 bits per heavy atom. The van der Waals surface area contributed by atoms with E-state index in [4.69, 9.17) is 17.0 Å². The molecule has 8 rings (SSSR count). The second-order valence-corrected chi connectivity index (χ2v) is 20.5. The van der Waals surface area contributed by atoms with Crippen molar-refractivity contribution in [2.45, 2.75) is 116 Å². The summed E-state index contributed by atoms with van der Waals surface area (Å²) in [5.74, 6) is 1.58. The number of hydrogen-bond acceptors (Lipinski definition) is 0. The monoisotopic (exact) mass is 820 g/mol. The van der Waals surface area contributed by atoms with Gasteiger partial charge in [-0.05, 0) is 65.2 Å². The van der Waals surface area contributed by atoms with Crippen LogP contribution in [0.5, 0.6) is 0 Å². The van der Waals surface area contributed by atoms with Gasteiger partial charge >= 0.3 is 37.9 Å². The first-order chi connectivity index (χ1) is 25.2. The summed E-state index contributed by atoms with van der Waals surface area (Å²) in [6.07, 6.45) is 12.5. The van der Waals surface area contributed by atoms with E-state index in [1.807, 2.05) is 0 Å². The van der Waals surface area contributed by atoms with Gasteiger partial charge in [0.15, 0.2) is 0 Å². The molecule has 6 aromatic rings. The molecule has 0 amide bonds. The molecule has 2 aliphatic rings. The van der Waals surface area contributed by atoms with Gasteiger partial charge in [0.1, 0.15) is 0 Å². The van der Waals surface area contributed by atoms with Crippen molar-refractivity contribution in [1.82, 2.24) is 0 Å². The van der Waals surface area contributed by atoms with Gasteiger partial charge in [0.2, 0.25) is 0 Å². The van der Waals surface area contributed by atoms with Crippen molar-refractivity contribution >= 4 is 48.1 Å². The normalized spacial score (nSPS) is 14.8. The quantitative estimate of drug-likeness (QED) is 0.123. The van der Waals surface area contributed by atoms with Crippen molar-refractivity contribution < 1.29 is 20.8 Å². The van der Waals surface area contributed by atoms with E-state index in [-0.39, 0.29) is 5.41 Å². The molecule has 2 fully saturated rings. The number of rotatable bonds is 4. The zero-order valence-electron chi connectivity index (χ0n) is 32.2. The number of benzene rings is 4. The SMILES string of the molecule is CC(C)(C)c1ccc(-c2cccc3[cH-]c(C4CCCC4)cc23)cc1.C[Si]C.Cc1cc2c(-c3ccc(C4CCCCC4)cc3)cccc2[cH-]1.[Cl][Zr+2][Cl]. The third kappa shape index (κ3) is 10.7. The second kappa shape index (κ2) is 19.9. The summed E-state index contributed by atoms with van der Waals surface area (Å²) in [7, 11) is 11.0. The van der Waals surface area contributed by atoms with Crippen molar-refractivity contribution in [3.05, 3.63) is 131 Å². The van der Waals surface area contributed by atoms with Gasteiger partial charge in [-0.2, -0.15) is 12.1 Å². The van der Waals surface area contributed by atoms with Crippen molar-refractivity contribution in [1.29, 1.82) is 0 Å². The van der Waals surface area contributed by atoms with Crippen LogP contribution in [0.2, 0.25) is 13.1 Å². The van der Waals surface area contributed by atoms with Crippen molar-refractivity contribution in [3.8, 4) is 22.3 Å². The van der Waals surface area contributed by atoms with Crippen LogP contribution in [-0.2, 0) is 26.3 Å². The number of aryl methyl sites for hydroxylation is 1. The van der Waals surface area contributed by atoms with Gasteiger partial charge in [-0.1, -0.05) is 145 Å². The molecule has 0 atom stereocenters. The van der Waals surface area contributed by atoms with Crippen LogP contribution in [0.25, 0.3) is 43.8 Å². The first kappa shape index (κ1) is 41.0. The second-order valence-electron chi connectivity index (χ2n) is 15.8. The predicted molar refractivity (Wildman–Crippen MR) is 230 cm³/mol. The van der Waals surface area contributed by atoms with E-state index in [0.29, 0.717) is 0 Å². The van der Waals surface area contributed by atoms with Crippen LogP contribution < -0.4 is 0 Å². The van der Waals surface area contributed by atoms with E-state index in [9.17, 15) is 0 Å². The van der Waals surface area contributed by atoms with Crippen molar-refractivity contribution in [2.75, 3.05) is 0 Å². The molecular formula is C48H56Cl2SiZr. The molecule has 0 spiro atoms. The number of halogens is 2. The van der Waals surface area contributed by atoms with Crippen molar-refractivity contribution in [3.63, 3.8) is 0 Å².